The number of hydrogen-bond donors (Lipinski definition) is 1. The average molecular weight is 224 g/mol. The molecule has 1 aromatic heterocycles. The van der Waals surface area contributed by atoms with E-state index in [1.165, 1.54) is 18.0 Å². The molecule has 0 aromatic carbocycles. The monoisotopic (exact) mass is 224 g/mol. The third-order valence-corrected chi connectivity index (χ3v) is 2.44. The third-order valence-electron chi connectivity index (χ3n) is 1.59. The highest BCUT2D eigenvalue weighted by Gasteiger charge is 1.91. The first kappa shape index (κ1) is 11.7. The maximum absolute atomic E-state index is 10.6. The molecule has 15 heavy (non-hydrogen) atoms. The summed E-state index contributed by atoms with van der Waals surface area (Å²) in [5.74, 6) is 0.780. The smallest absolute Gasteiger partial charge is 0.312 e. The Hall–Kier alpha value is -1.36. The molecule has 0 unspecified atom stereocenters. The fourth-order valence-corrected chi connectivity index (χ4v) is 1.48. The lowest BCUT2D eigenvalue weighted by Crippen LogP contribution is -2.07. The molecule has 0 bridgehead atoms. The minimum absolute atomic E-state index is 0.133. The van der Waals surface area contributed by atoms with E-state index in [9.17, 15) is 9.59 Å². The largest absolute Gasteiger partial charge is 0.344 e. The van der Waals surface area contributed by atoms with Crippen LogP contribution in [0.3, 0.4) is 0 Å². The van der Waals surface area contributed by atoms with Gasteiger partial charge in [-0.2, -0.15) is 0 Å². The molecule has 0 aliphatic heterocycles. The summed E-state index contributed by atoms with van der Waals surface area (Å²) >= 11 is 1.31. The Kier molecular flexibility index (Phi) is 4.83. The van der Waals surface area contributed by atoms with Crippen molar-refractivity contribution >= 4 is 23.0 Å². The molecular formula is C10H12N2O2S. The van der Waals surface area contributed by atoms with Crippen molar-refractivity contribution in [1.82, 2.24) is 9.97 Å². The molecule has 1 heterocycles. The Morgan fingerprint density at radius 2 is 2.47 bits per heavy atom. The summed E-state index contributed by atoms with van der Waals surface area (Å²) in [5, 5.41) is 0.133. The molecule has 0 amide bonds. The molecule has 0 saturated heterocycles. The molecular weight excluding hydrogens is 212 g/mol. The first-order chi connectivity index (χ1) is 7.18. The number of thioether (sulfide) groups is 1. The highest BCUT2D eigenvalue weighted by Crippen LogP contribution is 2.05. The second-order valence-electron chi connectivity index (χ2n) is 2.88. The standard InChI is InChI=1S/C10H12N2O2S/c1-8(13)15-5-3-2-4-9-6-11-10(14)12-7-9/h2,4,6-7H,3,5H2,1H3,(H,11,12,14). The number of nitrogens with zero attached hydrogens (tertiary/aromatic N) is 1. The molecule has 5 heteroatoms. The van der Waals surface area contributed by atoms with Gasteiger partial charge in [0, 0.05) is 30.6 Å². The minimum atomic E-state index is -0.348. The molecule has 0 fully saturated rings. The number of H-pyrrole nitrogens is 1. The van der Waals surface area contributed by atoms with Crippen molar-refractivity contribution < 1.29 is 4.79 Å². The molecule has 0 radical (unpaired) electrons. The van der Waals surface area contributed by atoms with E-state index >= 15 is 0 Å². The van der Waals surface area contributed by atoms with Gasteiger partial charge in [0.1, 0.15) is 0 Å². The lowest BCUT2D eigenvalue weighted by Gasteiger charge is -1.92. The molecule has 0 atom stereocenters. The van der Waals surface area contributed by atoms with Crippen molar-refractivity contribution in [3.05, 3.63) is 34.5 Å². The summed E-state index contributed by atoms with van der Waals surface area (Å²) in [7, 11) is 0. The highest BCUT2D eigenvalue weighted by atomic mass is 32.2. The number of aromatic nitrogens is 2. The van der Waals surface area contributed by atoms with Crippen LogP contribution in [0.1, 0.15) is 18.9 Å². The van der Waals surface area contributed by atoms with Gasteiger partial charge in [-0.05, 0) is 6.42 Å². The maximum Gasteiger partial charge on any atom is 0.344 e. The average Bonchev–Trinajstić information content (AvgIpc) is 2.20. The fraction of sp³-hybridized carbons (Fsp3) is 0.300. The van der Waals surface area contributed by atoms with E-state index in [1.807, 2.05) is 12.2 Å². The molecule has 4 nitrogen and oxygen atoms in total. The summed E-state index contributed by atoms with van der Waals surface area (Å²) in [4.78, 5) is 27.3. The number of carbonyl (C=O) groups excluding carboxylic acids is 1. The van der Waals surface area contributed by atoms with Gasteiger partial charge in [-0.3, -0.25) is 4.79 Å². The van der Waals surface area contributed by atoms with Crippen LogP contribution in [0.2, 0.25) is 0 Å². The zero-order valence-electron chi connectivity index (χ0n) is 8.40. The van der Waals surface area contributed by atoms with E-state index in [-0.39, 0.29) is 10.8 Å². The minimum Gasteiger partial charge on any atom is -0.312 e. The second kappa shape index (κ2) is 6.19. The van der Waals surface area contributed by atoms with Crippen LogP contribution in [0, 0.1) is 0 Å². The predicted molar refractivity (Wildman–Crippen MR) is 61.6 cm³/mol. The van der Waals surface area contributed by atoms with Crippen LogP contribution in [0.4, 0.5) is 0 Å². The quantitative estimate of drug-likeness (QED) is 0.786. The van der Waals surface area contributed by atoms with E-state index < -0.39 is 0 Å². The Morgan fingerprint density at radius 1 is 1.67 bits per heavy atom. The van der Waals surface area contributed by atoms with Crippen LogP contribution in [0.15, 0.2) is 23.3 Å². The molecule has 1 N–H and O–H groups in total. The van der Waals surface area contributed by atoms with Crippen LogP contribution < -0.4 is 5.69 Å². The van der Waals surface area contributed by atoms with E-state index in [1.54, 1.807) is 13.1 Å². The Labute approximate surface area is 91.8 Å². The zero-order valence-corrected chi connectivity index (χ0v) is 9.21. The summed E-state index contributed by atoms with van der Waals surface area (Å²) < 4.78 is 0. The number of nitrogens with one attached hydrogen (secondary N) is 1. The Bertz CT molecular complexity index is 392. The molecule has 0 aliphatic rings. The number of aromatic amines is 1. The topological polar surface area (TPSA) is 62.8 Å². The van der Waals surface area contributed by atoms with Gasteiger partial charge in [-0.25, -0.2) is 9.78 Å². The van der Waals surface area contributed by atoms with E-state index in [2.05, 4.69) is 9.97 Å². The molecule has 0 saturated carbocycles. The Balaban J connectivity index is 2.35. The van der Waals surface area contributed by atoms with Crippen LogP contribution in [-0.4, -0.2) is 20.8 Å². The van der Waals surface area contributed by atoms with Gasteiger partial charge in [-0.15, -0.1) is 0 Å². The SMILES string of the molecule is CC(=O)SCCC=Cc1cnc(=O)[nH]c1. The second-order valence-corrected chi connectivity index (χ2v) is 4.15. The summed E-state index contributed by atoms with van der Waals surface area (Å²) in [6.07, 6.45) is 7.75. The van der Waals surface area contributed by atoms with Gasteiger partial charge in [0.15, 0.2) is 5.12 Å². The van der Waals surface area contributed by atoms with Crippen molar-refractivity contribution in [2.24, 2.45) is 0 Å². The molecule has 1 rings (SSSR count). The third kappa shape index (κ3) is 5.17. The number of hydrogen-bond acceptors (Lipinski definition) is 4. The van der Waals surface area contributed by atoms with Crippen LogP contribution in [-0.2, 0) is 4.79 Å². The summed E-state index contributed by atoms with van der Waals surface area (Å²) in [5.41, 5.74) is 0.502. The van der Waals surface area contributed by atoms with Gasteiger partial charge >= 0.3 is 5.69 Å². The summed E-state index contributed by atoms with van der Waals surface area (Å²) in [6, 6.07) is 0. The molecule has 0 spiro atoms. The van der Waals surface area contributed by atoms with Crippen molar-refractivity contribution in [3.63, 3.8) is 0 Å². The maximum atomic E-state index is 10.6. The van der Waals surface area contributed by atoms with E-state index in [4.69, 9.17) is 0 Å². The Morgan fingerprint density at radius 3 is 3.07 bits per heavy atom. The molecule has 0 aliphatic carbocycles. The van der Waals surface area contributed by atoms with Gasteiger partial charge in [0.2, 0.25) is 0 Å². The van der Waals surface area contributed by atoms with E-state index in [0.717, 1.165) is 17.7 Å². The van der Waals surface area contributed by atoms with Gasteiger partial charge < -0.3 is 4.98 Å². The first-order valence-electron chi connectivity index (χ1n) is 4.53. The van der Waals surface area contributed by atoms with Gasteiger partial charge in [0.25, 0.3) is 0 Å². The van der Waals surface area contributed by atoms with Gasteiger partial charge in [0.05, 0.1) is 0 Å². The van der Waals surface area contributed by atoms with Gasteiger partial charge in [-0.1, -0.05) is 23.9 Å². The number of carbonyl (C=O) groups is 1. The molecule has 80 valence electrons. The van der Waals surface area contributed by atoms with Crippen molar-refractivity contribution in [2.75, 3.05) is 5.75 Å². The van der Waals surface area contributed by atoms with Crippen molar-refractivity contribution in [3.8, 4) is 0 Å². The lowest BCUT2D eigenvalue weighted by atomic mass is 10.3. The van der Waals surface area contributed by atoms with Crippen molar-refractivity contribution in [2.45, 2.75) is 13.3 Å². The summed E-state index contributed by atoms with van der Waals surface area (Å²) in [6.45, 7) is 1.56. The van der Waals surface area contributed by atoms with Crippen LogP contribution in [0.25, 0.3) is 6.08 Å². The fourth-order valence-electron chi connectivity index (χ4n) is 0.934. The zero-order chi connectivity index (χ0) is 11.1. The number of allylic oxidation sites excluding steroid dienone is 1. The first-order valence-corrected chi connectivity index (χ1v) is 5.51. The van der Waals surface area contributed by atoms with Crippen LogP contribution >= 0.6 is 11.8 Å². The number of rotatable bonds is 4. The van der Waals surface area contributed by atoms with Crippen molar-refractivity contribution in [1.29, 1.82) is 0 Å². The molecule has 1 aromatic rings. The highest BCUT2D eigenvalue weighted by molar-refractivity contribution is 8.13. The van der Waals surface area contributed by atoms with E-state index in [0.29, 0.717) is 0 Å². The normalized spacial score (nSPS) is 10.7. The van der Waals surface area contributed by atoms with Crippen LogP contribution in [0.5, 0.6) is 0 Å². The predicted octanol–water partition coefficient (Wildman–Crippen LogP) is 1.45. The lowest BCUT2D eigenvalue weighted by molar-refractivity contribution is -0.109.